The number of ketones is 1. The fraction of sp³-hybridized carbons (Fsp3) is 0.433. The second-order valence-corrected chi connectivity index (χ2v) is 11.4. The van der Waals surface area contributed by atoms with Crippen molar-refractivity contribution >= 4 is 29.4 Å². The molecule has 0 bridgehead atoms. The molecule has 3 amide bonds. The van der Waals surface area contributed by atoms with E-state index in [4.69, 9.17) is 9.47 Å². The molecule has 0 saturated carbocycles. The Bertz CT molecular complexity index is 1630. The van der Waals surface area contributed by atoms with E-state index < -0.39 is 40.2 Å². The molecule has 240 valence electrons. The number of aromatic nitrogens is 2. The molecule has 15 heteroatoms. The van der Waals surface area contributed by atoms with Crippen molar-refractivity contribution < 1.29 is 33.8 Å². The van der Waals surface area contributed by atoms with Gasteiger partial charge in [0.05, 0.1) is 12.3 Å². The van der Waals surface area contributed by atoms with Gasteiger partial charge in [0.15, 0.2) is 17.2 Å². The van der Waals surface area contributed by atoms with Gasteiger partial charge in [0.1, 0.15) is 18.3 Å². The summed E-state index contributed by atoms with van der Waals surface area (Å²) in [6, 6.07) is 8.91. The molecule has 3 aromatic rings. The van der Waals surface area contributed by atoms with E-state index in [2.05, 4.69) is 15.7 Å². The minimum atomic E-state index is -1.25. The van der Waals surface area contributed by atoms with E-state index in [1.165, 1.54) is 20.5 Å². The number of hydrogen-bond donors (Lipinski definition) is 3. The van der Waals surface area contributed by atoms with Crippen LogP contribution in [0.3, 0.4) is 0 Å². The van der Waals surface area contributed by atoms with E-state index >= 15 is 0 Å². The summed E-state index contributed by atoms with van der Waals surface area (Å²) in [7, 11) is 0. The Morgan fingerprint density at radius 3 is 2.22 bits per heavy atom. The van der Waals surface area contributed by atoms with Gasteiger partial charge in [0.2, 0.25) is 11.8 Å². The second kappa shape index (κ2) is 13.6. The molecular weight excluding hydrogens is 588 g/mol. The van der Waals surface area contributed by atoms with Gasteiger partial charge in [-0.2, -0.15) is 5.10 Å². The first-order chi connectivity index (χ1) is 21.3. The molecular formula is C30H36N6O9. The molecule has 0 aliphatic carbocycles. The Hall–Kier alpha value is -5.21. The van der Waals surface area contributed by atoms with Gasteiger partial charge in [-0.1, -0.05) is 39.0 Å². The van der Waals surface area contributed by atoms with E-state index in [0.29, 0.717) is 5.69 Å². The predicted octanol–water partition coefficient (Wildman–Crippen LogP) is 0.894. The van der Waals surface area contributed by atoms with Crippen LogP contribution in [0.4, 0.5) is 10.5 Å². The number of benzene rings is 1. The minimum Gasteiger partial charge on any atom is -0.488 e. The maximum Gasteiger partial charge on any atom is 0.407 e. The lowest BCUT2D eigenvalue weighted by atomic mass is 9.91. The largest absolute Gasteiger partial charge is 0.488 e. The van der Waals surface area contributed by atoms with Crippen LogP contribution in [-0.4, -0.2) is 100 Å². The lowest BCUT2D eigenvalue weighted by molar-refractivity contribution is -0.134. The molecule has 4 rings (SSSR count). The molecule has 0 unspecified atom stereocenters. The van der Waals surface area contributed by atoms with Crippen molar-refractivity contribution in [2.24, 2.45) is 5.41 Å². The van der Waals surface area contributed by atoms with Gasteiger partial charge in [-0.25, -0.2) is 9.48 Å². The van der Waals surface area contributed by atoms with Crippen LogP contribution in [0.25, 0.3) is 5.69 Å². The molecule has 0 radical (unpaired) electrons. The zero-order valence-corrected chi connectivity index (χ0v) is 25.5. The van der Waals surface area contributed by atoms with Crippen LogP contribution >= 0.6 is 0 Å². The normalized spacial score (nSPS) is 14.1. The first kappa shape index (κ1) is 32.7. The number of carbonyl (C=O) groups is 4. The van der Waals surface area contributed by atoms with Crippen LogP contribution in [0.2, 0.25) is 0 Å². The van der Waals surface area contributed by atoms with Crippen LogP contribution in [-0.2, 0) is 9.59 Å². The lowest BCUT2D eigenvalue weighted by Crippen LogP contribution is -2.57. The summed E-state index contributed by atoms with van der Waals surface area (Å²) in [5.41, 5.74) is -1.91. The van der Waals surface area contributed by atoms with Crippen LogP contribution in [0.15, 0.2) is 46.0 Å². The maximum absolute atomic E-state index is 13.6. The first-order valence-corrected chi connectivity index (χ1v) is 14.4. The van der Waals surface area contributed by atoms with E-state index in [9.17, 15) is 33.9 Å². The number of piperazine rings is 1. The van der Waals surface area contributed by atoms with Crippen molar-refractivity contribution in [3.8, 4) is 17.3 Å². The summed E-state index contributed by atoms with van der Waals surface area (Å²) in [5.74, 6) is -1.48. The Morgan fingerprint density at radius 2 is 1.62 bits per heavy atom. The van der Waals surface area contributed by atoms with Crippen LogP contribution < -0.4 is 31.0 Å². The molecule has 15 nitrogen and oxygen atoms in total. The van der Waals surface area contributed by atoms with Gasteiger partial charge >= 0.3 is 6.09 Å². The molecule has 45 heavy (non-hydrogen) atoms. The van der Waals surface area contributed by atoms with E-state index in [-0.39, 0.29) is 74.7 Å². The Balaban J connectivity index is 1.58. The highest BCUT2D eigenvalue weighted by molar-refractivity contribution is 5.97. The monoisotopic (exact) mass is 624 g/mol. The third-order valence-corrected chi connectivity index (χ3v) is 7.20. The van der Waals surface area contributed by atoms with Gasteiger partial charge in [-0.15, -0.1) is 0 Å². The first-order valence-electron chi connectivity index (χ1n) is 14.4. The Kier molecular flexibility index (Phi) is 9.89. The van der Waals surface area contributed by atoms with Gasteiger partial charge in [0.25, 0.3) is 16.8 Å². The summed E-state index contributed by atoms with van der Waals surface area (Å²) in [6.45, 7) is 6.87. The van der Waals surface area contributed by atoms with E-state index in [1.54, 1.807) is 58.0 Å². The number of carbonyl (C=O) groups excluding carboxylic acids is 3. The Morgan fingerprint density at radius 1 is 0.978 bits per heavy atom. The number of anilines is 1. The van der Waals surface area contributed by atoms with Crippen molar-refractivity contribution in [3.63, 3.8) is 0 Å². The summed E-state index contributed by atoms with van der Waals surface area (Å²) >= 11 is 0. The van der Waals surface area contributed by atoms with E-state index in [1.807, 2.05) is 0 Å². The summed E-state index contributed by atoms with van der Waals surface area (Å²) in [4.78, 5) is 77.7. The zero-order chi connectivity index (χ0) is 32.9. The highest BCUT2D eigenvalue weighted by Gasteiger charge is 2.32. The van der Waals surface area contributed by atoms with Crippen molar-refractivity contribution in [3.05, 3.63) is 62.5 Å². The van der Waals surface area contributed by atoms with Gasteiger partial charge < -0.3 is 35.0 Å². The third kappa shape index (κ3) is 7.48. The lowest BCUT2D eigenvalue weighted by Gasteiger charge is -2.35. The molecule has 2 heterocycles. The fourth-order valence-corrected chi connectivity index (χ4v) is 4.48. The van der Waals surface area contributed by atoms with Crippen molar-refractivity contribution in [1.29, 1.82) is 0 Å². The van der Waals surface area contributed by atoms with Crippen LogP contribution in [0.1, 0.15) is 38.2 Å². The van der Waals surface area contributed by atoms with Gasteiger partial charge in [-0.05, 0) is 19.1 Å². The average molecular weight is 625 g/mol. The number of ether oxygens (including phenoxy) is 2. The number of rotatable bonds is 12. The van der Waals surface area contributed by atoms with E-state index in [0.717, 1.165) is 0 Å². The summed E-state index contributed by atoms with van der Waals surface area (Å²) in [6.07, 6.45) is -1.10. The molecule has 2 aromatic carbocycles. The van der Waals surface area contributed by atoms with Gasteiger partial charge in [0, 0.05) is 44.2 Å². The average Bonchev–Trinajstić information content (AvgIpc) is 3.46. The number of Topliss-reactive ketones (excluding diaryl/α,β-unsaturated/α-hetero) is 1. The molecule has 1 atom stereocenters. The molecule has 1 fully saturated rings. The third-order valence-electron chi connectivity index (χ3n) is 7.20. The van der Waals surface area contributed by atoms with Crippen LogP contribution in [0, 0.1) is 5.41 Å². The van der Waals surface area contributed by atoms with Crippen molar-refractivity contribution in [1.82, 2.24) is 24.9 Å². The molecule has 1 saturated heterocycles. The standard InChI is InChI=1S/C30H36N6O9/c1-5-44-26-23(24(38)25(26)39)31-16-20(28(41)34-11-13-35(14-12-34)29(42)43)32-27(40)19-15-22(45-17-21(37)30(2,3)4)36(33-19)18-9-7-6-8-10-18/h6-10,15,20,31H,5,11-14,16-17H2,1-4H3,(H,32,40)(H,42,43)/t20-/m0/s1. The second-order valence-electron chi connectivity index (χ2n) is 11.4. The number of hydrogen-bond acceptors (Lipinski definition) is 10. The Labute approximate surface area is 258 Å². The predicted molar refractivity (Wildman–Crippen MR) is 162 cm³/mol. The topological polar surface area (TPSA) is 189 Å². The molecule has 0 spiro atoms. The number of para-hydroxylation sites is 1. The van der Waals surface area contributed by atoms with Gasteiger partial charge in [-0.3, -0.25) is 24.0 Å². The highest BCUT2D eigenvalue weighted by Crippen LogP contribution is 2.22. The SMILES string of the molecule is CCOc1c(NC[C@H](NC(=O)c2cc(OCC(=O)C(C)(C)C)n(-c3ccccc3)n2)C(=O)N2CCN(C(=O)O)CC2)c(=O)c1=O. The zero-order valence-electron chi connectivity index (χ0n) is 25.5. The summed E-state index contributed by atoms with van der Waals surface area (Å²) < 4.78 is 12.4. The van der Waals surface area contributed by atoms with Crippen molar-refractivity contribution in [2.75, 3.05) is 51.3 Å². The highest BCUT2D eigenvalue weighted by atomic mass is 16.5. The molecule has 1 aliphatic heterocycles. The minimum absolute atomic E-state index is 0.0806. The number of amides is 3. The summed E-state index contributed by atoms with van der Waals surface area (Å²) in [5, 5.41) is 19.0. The fourth-order valence-electron chi connectivity index (χ4n) is 4.48. The maximum atomic E-state index is 13.6. The number of nitrogens with one attached hydrogen (secondary N) is 2. The van der Waals surface area contributed by atoms with Crippen molar-refractivity contribution in [2.45, 2.75) is 33.7 Å². The smallest absolute Gasteiger partial charge is 0.407 e. The number of nitrogens with zero attached hydrogens (tertiary/aromatic N) is 4. The quantitative estimate of drug-likeness (QED) is 0.243. The molecule has 1 aliphatic rings. The molecule has 1 aromatic heterocycles. The molecule has 3 N–H and O–H groups in total. The number of carboxylic acid groups (broad SMARTS) is 1. The van der Waals surface area contributed by atoms with Crippen LogP contribution in [0.5, 0.6) is 11.6 Å².